The summed E-state index contributed by atoms with van der Waals surface area (Å²) in [5.41, 5.74) is 3.80. The molecule has 5 nitrogen and oxygen atoms in total. The van der Waals surface area contributed by atoms with Crippen molar-refractivity contribution in [1.29, 1.82) is 0 Å². The van der Waals surface area contributed by atoms with Gasteiger partial charge in [-0.2, -0.15) is 0 Å². The van der Waals surface area contributed by atoms with Crippen LogP contribution in [0.3, 0.4) is 0 Å². The van der Waals surface area contributed by atoms with Crippen molar-refractivity contribution < 1.29 is 9.53 Å². The second-order valence-corrected chi connectivity index (χ2v) is 3.17. The maximum absolute atomic E-state index is 11.4. The third-order valence-corrected chi connectivity index (χ3v) is 2.31. The van der Waals surface area contributed by atoms with Crippen LogP contribution in [-0.4, -0.2) is 24.2 Å². The quantitative estimate of drug-likeness (QED) is 0.418. The molecule has 0 saturated carbocycles. The summed E-state index contributed by atoms with van der Waals surface area (Å²) in [6.07, 6.45) is 0.794. The molecule has 0 radical (unpaired) electrons. The van der Waals surface area contributed by atoms with E-state index in [1.54, 1.807) is 13.2 Å². The van der Waals surface area contributed by atoms with Crippen LogP contribution in [0.2, 0.25) is 0 Å². The Morgan fingerprint density at radius 3 is 2.87 bits per heavy atom. The predicted octanol–water partition coefficient (Wildman–Crippen LogP) is 0.300. The smallest absolute Gasteiger partial charge is 0.281 e. The first kappa shape index (κ1) is 11.7. The van der Waals surface area contributed by atoms with Gasteiger partial charge in [0.25, 0.3) is 5.91 Å². The number of hydrazine groups is 1. The molecular formula is C10H17N3O2. The monoisotopic (exact) mass is 211 g/mol. The highest BCUT2D eigenvalue weighted by atomic mass is 16.5. The molecular weight excluding hydrogens is 194 g/mol. The number of methoxy groups -OCH3 is 1. The number of carbonyl (C=O) groups excluding carboxylic acids is 1. The molecule has 1 amide bonds. The molecule has 0 aliphatic heterocycles. The fraction of sp³-hybridized carbons (Fsp3) is 0.500. The summed E-state index contributed by atoms with van der Waals surface area (Å²) in [7, 11) is 1.66. The molecule has 1 heterocycles. The average Bonchev–Trinajstić information content (AvgIpc) is 2.67. The number of nitrogen functional groups attached to an aromatic ring is 1. The van der Waals surface area contributed by atoms with Crippen molar-refractivity contribution in [3.63, 3.8) is 0 Å². The molecule has 0 aromatic carbocycles. The Hall–Kier alpha value is -1.33. The summed E-state index contributed by atoms with van der Waals surface area (Å²) in [6, 6.07) is 3.70. The molecule has 84 valence electrons. The maximum Gasteiger partial charge on any atom is 0.281 e. The zero-order chi connectivity index (χ0) is 11.3. The number of nitrogens with one attached hydrogen (secondary N) is 1. The minimum Gasteiger partial charge on any atom is -0.384 e. The molecule has 0 unspecified atom stereocenters. The molecule has 0 atom stereocenters. The van der Waals surface area contributed by atoms with Gasteiger partial charge in [0.2, 0.25) is 0 Å². The second-order valence-electron chi connectivity index (χ2n) is 3.17. The normalized spacial score (nSPS) is 10.3. The summed E-state index contributed by atoms with van der Waals surface area (Å²) >= 11 is 0. The van der Waals surface area contributed by atoms with E-state index in [0.717, 1.165) is 18.7 Å². The molecule has 0 bridgehead atoms. The van der Waals surface area contributed by atoms with E-state index in [1.807, 2.05) is 17.6 Å². The third-order valence-electron chi connectivity index (χ3n) is 2.31. The van der Waals surface area contributed by atoms with E-state index in [9.17, 15) is 4.79 Å². The van der Waals surface area contributed by atoms with Gasteiger partial charge in [0.05, 0.1) is 6.61 Å². The summed E-state index contributed by atoms with van der Waals surface area (Å²) in [4.78, 5) is 11.4. The summed E-state index contributed by atoms with van der Waals surface area (Å²) < 4.78 is 6.93. The van der Waals surface area contributed by atoms with Gasteiger partial charge in [-0.15, -0.1) is 0 Å². The van der Waals surface area contributed by atoms with Crippen LogP contribution in [0.1, 0.15) is 23.1 Å². The standard InChI is InChI=1S/C10H17N3O2/c1-3-13-8(6-7-15-2)4-5-9(13)10(14)12-11/h4-5H,3,6-7,11H2,1-2H3,(H,12,14). The van der Waals surface area contributed by atoms with E-state index in [4.69, 9.17) is 10.6 Å². The Morgan fingerprint density at radius 1 is 1.60 bits per heavy atom. The van der Waals surface area contributed by atoms with Gasteiger partial charge in [-0.05, 0) is 19.1 Å². The number of carbonyl (C=O) groups is 1. The van der Waals surface area contributed by atoms with Crippen molar-refractivity contribution in [1.82, 2.24) is 9.99 Å². The van der Waals surface area contributed by atoms with Gasteiger partial charge in [-0.1, -0.05) is 0 Å². The van der Waals surface area contributed by atoms with Gasteiger partial charge in [0.1, 0.15) is 5.69 Å². The van der Waals surface area contributed by atoms with Crippen molar-refractivity contribution in [2.24, 2.45) is 5.84 Å². The second kappa shape index (κ2) is 5.53. The number of rotatable bonds is 5. The van der Waals surface area contributed by atoms with Crippen molar-refractivity contribution in [2.75, 3.05) is 13.7 Å². The topological polar surface area (TPSA) is 69.3 Å². The molecule has 0 spiro atoms. The molecule has 1 aromatic rings. The molecule has 0 aliphatic carbocycles. The molecule has 5 heteroatoms. The number of hydrogen-bond donors (Lipinski definition) is 2. The molecule has 3 N–H and O–H groups in total. The first-order valence-electron chi connectivity index (χ1n) is 4.92. The number of nitrogens with two attached hydrogens (primary N) is 1. The largest absolute Gasteiger partial charge is 0.384 e. The van der Waals surface area contributed by atoms with Crippen molar-refractivity contribution in [3.8, 4) is 0 Å². The number of amides is 1. The van der Waals surface area contributed by atoms with Crippen LogP contribution in [-0.2, 0) is 17.7 Å². The van der Waals surface area contributed by atoms with Crippen LogP contribution >= 0.6 is 0 Å². The highest BCUT2D eigenvalue weighted by Crippen LogP contribution is 2.10. The minimum atomic E-state index is -0.263. The first-order chi connectivity index (χ1) is 7.24. The number of hydrogen-bond acceptors (Lipinski definition) is 3. The van der Waals surface area contributed by atoms with Crippen LogP contribution < -0.4 is 11.3 Å². The predicted molar refractivity (Wildman–Crippen MR) is 57.3 cm³/mol. The van der Waals surface area contributed by atoms with Crippen molar-refractivity contribution in [2.45, 2.75) is 19.9 Å². The van der Waals surface area contributed by atoms with Crippen LogP contribution in [0.15, 0.2) is 12.1 Å². The molecule has 1 rings (SSSR count). The van der Waals surface area contributed by atoms with Crippen LogP contribution in [0, 0.1) is 0 Å². The van der Waals surface area contributed by atoms with Gasteiger partial charge in [0, 0.05) is 25.8 Å². The highest BCUT2D eigenvalue weighted by Gasteiger charge is 2.12. The van der Waals surface area contributed by atoms with Crippen LogP contribution in [0.25, 0.3) is 0 Å². The lowest BCUT2D eigenvalue weighted by Gasteiger charge is -2.09. The van der Waals surface area contributed by atoms with E-state index < -0.39 is 0 Å². The minimum absolute atomic E-state index is 0.263. The zero-order valence-corrected chi connectivity index (χ0v) is 9.12. The highest BCUT2D eigenvalue weighted by molar-refractivity contribution is 5.92. The fourth-order valence-corrected chi connectivity index (χ4v) is 1.58. The summed E-state index contributed by atoms with van der Waals surface area (Å²) in [5, 5.41) is 0. The van der Waals surface area contributed by atoms with Crippen molar-refractivity contribution >= 4 is 5.91 Å². The Bertz CT molecular complexity index is 333. The van der Waals surface area contributed by atoms with E-state index in [-0.39, 0.29) is 5.91 Å². The average molecular weight is 211 g/mol. The Labute approximate surface area is 89.2 Å². The Morgan fingerprint density at radius 2 is 2.33 bits per heavy atom. The molecule has 1 aromatic heterocycles. The maximum atomic E-state index is 11.4. The zero-order valence-electron chi connectivity index (χ0n) is 9.12. The van der Waals surface area contributed by atoms with E-state index in [1.165, 1.54) is 0 Å². The molecule has 0 fully saturated rings. The van der Waals surface area contributed by atoms with Gasteiger partial charge < -0.3 is 9.30 Å². The number of nitrogens with zero attached hydrogens (tertiary/aromatic N) is 1. The molecule has 0 aliphatic rings. The molecule has 0 saturated heterocycles. The SMILES string of the molecule is CCn1c(CCOC)ccc1C(=O)NN. The van der Waals surface area contributed by atoms with Crippen molar-refractivity contribution in [3.05, 3.63) is 23.5 Å². The lowest BCUT2D eigenvalue weighted by molar-refractivity contribution is 0.0944. The lowest BCUT2D eigenvalue weighted by Crippen LogP contribution is -2.32. The van der Waals surface area contributed by atoms with Gasteiger partial charge in [0.15, 0.2) is 0 Å². The number of ether oxygens (including phenoxy) is 1. The van der Waals surface area contributed by atoms with Gasteiger partial charge in [-0.25, -0.2) is 5.84 Å². The molecule has 15 heavy (non-hydrogen) atoms. The van der Waals surface area contributed by atoms with E-state index in [2.05, 4.69) is 5.43 Å². The summed E-state index contributed by atoms with van der Waals surface area (Å²) in [5.74, 6) is 4.84. The Balaban J connectivity index is 2.90. The van der Waals surface area contributed by atoms with Gasteiger partial charge in [-0.3, -0.25) is 10.2 Å². The Kier molecular flexibility index (Phi) is 4.33. The van der Waals surface area contributed by atoms with Crippen LogP contribution in [0.5, 0.6) is 0 Å². The number of aromatic nitrogens is 1. The van der Waals surface area contributed by atoms with E-state index >= 15 is 0 Å². The lowest BCUT2D eigenvalue weighted by atomic mass is 10.3. The first-order valence-corrected chi connectivity index (χ1v) is 4.92. The van der Waals surface area contributed by atoms with Gasteiger partial charge >= 0.3 is 0 Å². The summed E-state index contributed by atoms with van der Waals surface area (Å²) in [6.45, 7) is 3.38. The van der Waals surface area contributed by atoms with Crippen LogP contribution in [0.4, 0.5) is 0 Å². The fourth-order valence-electron chi connectivity index (χ4n) is 1.58. The van der Waals surface area contributed by atoms with E-state index in [0.29, 0.717) is 12.3 Å². The third kappa shape index (κ3) is 2.57.